The number of carbonyl (C=O) groups is 2. The summed E-state index contributed by atoms with van der Waals surface area (Å²) in [6.45, 7) is 3.45. The number of amides is 2. The molecule has 2 aliphatic heterocycles. The Hall–Kier alpha value is -2.63. The van der Waals surface area contributed by atoms with Crippen LogP contribution in [-0.4, -0.2) is 53.9 Å². The minimum absolute atomic E-state index is 0.00595. The van der Waals surface area contributed by atoms with Crippen molar-refractivity contribution in [2.24, 2.45) is 5.92 Å². The van der Waals surface area contributed by atoms with Gasteiger partial charge in [-0.1, -0.05) is 31.0 Å². The highest BCUT2D eigenvalue weighted by Crippen LogP contribution is 2.29. The van der Waals surface area contributed by atoms with E-state index >= 15 is 0 Å². The molecule has 6 heteroatoms. The highest BCUT2D eigenvalue weighted by molar-refractivity contribution is 6.07. The fourth-order valence-corrected chi connectivity index (χ4v) is 4.91. The molecule has 0 unspecified atom stereocenters. The lowest BCUT2D eigenvalue weighted by atomic mass is 9.95. The summed E-state index contributed by atoms with van der Waals surface area (Å²) in [7, 11) is 0. The number of pyridine rings is 1. The number of hydrogen-bond donors (Lipinski definition) is 1. The minimum Gasteiger partial charge on any atom is -0.357 e. The van der Waals surface area contributed by atoms with E-state index in [4.69, 9.17) is 4.98 Å². The Kier molecular flexibility index (Phi) is 5.79. The maximum atomic E-state index is 13.0. The first-order chi connectivity index (χ1) is 15.2. The van der Waals surface area contributed by atoms with Crippen LogP contribution in [0.5, 0.6) is 0 Å². The van der Waals surface area contributed by atoms with Crippen LogP contribution in [0.4, 0.5) is 5.82 Å². The standard InChI is InChI=1S/C25H32N4O2/c30-24(26-19-9-10-19)21-17-23(27-22-8-4-3-7-20(21)22)28-15-11-18(12-16-28)25(31)29-13-5-1-2-6-14-29/h3-4,7-8,17-19H,1-2,5-6,9-16H2,(H,26,30). The fourth-order valence-electron chi connectivity index (χ4n) is 4.91. The number of nitrogens with zero attached hydrogens (tertiary/aromatic N) is 3. The molecule has 1 N–H and O–H groups in total. The predicted octanol–water partition coefficient (Wildman–Crippen LogP) is 3.75. The minimum atomic E-state index is -0.00595. The van der Waals surface area contributed by atoms with E-state index in [1.54, 1.807) is 0 Å². The molecule has 0 atom stereocenters. The molecule has 2 saturated heterocycles. The number of piperidine rings is 1. The second-order valence-electron chi connectivity index (χ2n) is 9.29. The van der Waals surface area contributed by atoms with Gasteiger partial charge in [-0.15, -0.1) is 0 Å². The largest absolute Gasteiger partial charge is 0.357 e. The van der Waals surface area contributed by atoms with Gasteiger partial charge in [-0.25, -0.2) is 4.98 Å². The van der Waals surface area contributed by atoms with Gasteiger partial charge in [0.15, 0.2) is 0 Å². The summed E-state index contributed by atoms with van der Waals surface area (Å²) in [4.78, 5) is 35.1. The number of benzene rings is 1. The number of para-hydroxylation sites is 1. The summed E-state index contributed by atoms with van der Waals surface area (Å²) in [5.74, 6) is 1.30. The molecule has 5 rings (SSSR count). The van der Waals surface area contributed by atoms with Crippen LogP contribution in [0.15, 0.2) is 30.3 Å². The van der Waals surface area contributed by atoms with Crippen molar-refractivity contribution in [2.45, 2.75) is 57.4 Å². The Morgan fingerprint density at radius 1 is 0.903 bits per heavy atom. The normalized spacial score (nSPS) is 20.5. The smallest absolute Gasteiger partial charge is 0.252 e. The van der Waals surface area contributed by atoms with Gasteiger partial charge in [0.2, 0.25) is 5.91 Å². The molecule has 31 heavy (non-hydrogen) atoms. The molecule has 1 aliphatic carbocycles. The summed E-state index contributed by atoms with van der Waals surface area (Å²) in [6.07, 6.45) is 8.61. The lowest BCUT2D eigenvalue weighted by Crippen LogP contribution is -2.43. The summed E-state index contributed by atoms with van der Waals surface area (Å²) in [5, 5.41) is 4.02. The summed E-state index contributed by atoms with van der Waals surface area (Å²) >= 11 is 0. The van der Waals surface area contributed by atoms with Crippen molar-refractivity contribution in [1.29, 1.82) is 0 Å². The van der Waals surface area contributed by atoms with E-state index in [9.17, 15) is 9.59 Å². The first-order valence-electron chi connectivity index (χ1n) is 11.9. The number of rotatable bonds is 4. The number of carbonyl (C=O) groups excluding carboxylic acids is 2. The number of anilines is 1. The predicted molar refractivity (Wildman–Crippen MR) is 122 cm³/mol. The Morgan fingerprint density at radius 2 is 1.61 bits per heavy atom. The molecule has 0 radical (unpaired) electrons. The van der Waals surface area contributed by atoms with Crippen molar-refractivity contribution in [1.82, 2.24) is 15.2 Å². The van der Waals surface area contributed by atoms with Crippen LogP contribution >= 0.6 is 0 Å². The Labute approximate surface area is 184 Å². The Bertz CT molecular complexity index is 955. The van der Waals surface area contributed by atoms with Gasteiger partial charge in [-0.3, -0.25) is 9.59 Å². The zero-order chi connectivity index (χ0) is 21.2. The van der Waals surface area contributed by atoms with Crippen molar-refractivity contribution in [2.75, 3.05) is 31.1 Å². The lowest BCUT2D eigenvalue weighted by Gasteiger charge is -2.35. The zero-order valence-corrected chi connectivity index (χ0v) is 18.2. The molecule has 0 bridgehead atoms. The number of fused-ring (bicyclic) bond motifs is 1. The number of likely N-dealkylation sites (tertiary alicyclic amines) is 1. The first kappa shape index (κ1) is 20.3. The lowest BCUT2D eigenvalue weighted by molar-refractivity contribution is -0.136. The van der Waals surface area contributed by atoms with E-state index in [0.717, 1.165) is 81.4 Å². The maximum Gasteiger partial charge on any atom is 0.252 e. The van der Waals surface area contributed by atoms with Crippen molar-refractivity contribution < 1.29 is 9.59 Å². The first-order valence-corrected chi connectivity index (χ1v) is 11.9. The SMILES string of the molecule is O=C(NC1CC1)c1cc(N2CCC(C(=O)N3CCCCCC3)CC2)nc2ccccc12. The van der Waals surface area contributed by atoms with Crippen LogP contribution in [0.25, 0.3) is 10.9 Å². The highest BCUT2D eigenvalue weighted by atomic mass is 16.2. The van der Waals surface area contributed by atoms with E-state index in [0.29, 0.717) is 17.5 Å². The van der Waals surface area contributed by atoms with Gasteiger partial charge in [0.05, 0.1) is 11.1 Å². The van der Waals surface area contributed by atoms with Crippen LogP contribution in [-0.2, 0) is 4.79 Å². The van der Waals surface area contributed by atoms with E-state index in [1.807, 2.05) is 30.3 Å². The number of aromatic nitrogens is 1. The second-order valence-corrected chi connectivity index (χ2v) is 9.29. The van der Waals surface area contributed by atoms with Gasteiger partial charge in [-0.05, 0) is 50.7 Å². The third-order valence-corrected chi connectivity index (χ3v) is 6.95. The van der Waals surface area contributed by atoms with Crippen molar-refractivity contribution in [3.8, 4) is 0 Å². The van der Waals surface area contributed by atoms with E-state index in [2.05, 4.69) is 15.1 Å². The maximum absolute atomic E-state index is 13.0. The highest BCUT2D eigenvalue weighted by Gasteiger charge is 2.30. The number of hydrogen-bond acceptors (Lipinski definition) is 4. The van der Waals surface area contributed by atoms with Gasteiger partial charge in [0.25, 0.3) is 5.91 Å². The average molecular weight is 421 g/mol. The summed E-state index contributed by atoms with van der Waals surface area (Å²) < 4.78 is 0. The molecule has 3 fully saturated rings. The summed E-state index contributed by atoms with van der Waals surface area (Å²) in [5.41, 5.74) is 1.55. The monoisotopic (exact) mass is 420 g/mol. The van der Waals surface area contributed by atoms with E-state index in [1.165, 1.54) is 12.8 Å². The van der Waals surface area contributed by atoms with Gasteiger partial charge >= 0.3 is 0 Å². The molecule has 1 aromatic carbocycles. The van der Waals surface area contributed by atoms with Crippen LogP contribution in [0.2, 0.25) is 0 Å². The van der Waals surface area contributed by atoms with Gasteiger partial charge in [-0.2, -0.15) is 0 Å². The molecule has 0 spiro atoms. The molecule has 3 heterocycles. The van der Waals surface area contributed by atoms with Crippen molar-refractivity contribution in [3.63, 3.8) is 0 Å². The van der Waals surface area contributed by atoms with Crippen LogP contribution in [0.1, 0.15) is 61.7 Å². The summed E-state index contributed by atoms with van der Waals surface area (Å²) in [6, 6.07) is 10.1. The molecule has 3 aliphatic rings. The van der Waals surface area contributed by atoms with E-state index < -0.39 is 0 Å². The molecule has 2 aromatic rings. The van der Waals surface area contributed by atoms with Crippen molar-refractivity contribution in [3.05, 3.63) is 35.9 Å². The third-order valence-electron chi connectivity index (χ3n) is 6.95. The van der Waals surface area contributed by atoms with Crippen LogP contribution in [0, 0.1) is 5.92 Å². The molecular formula is C25H32N4O2. The topological polar surface area (TPSA) is 65.5 Å². The second kappa shape index (κ2) is 8.85. The average Bonchev–Trinajstić information content (AvgIpc) is 3.65. The molecule has 1 saturated carbocycles. The van der Waals surface area contributed by atoms with Crippen LogP contribution in [0.3, 0.4) is 0 Å². The molecule has 6 nitrogen and oxygen atoms in total. The third kappa shape index (κ3) is 4.53. The van der Waals surface area contributed by atoms with Crippen LogP contribution < -0.4 is 10.2 Å². The zero-order valence-electron chi connectivity index (χ0n) is 18.2. The Morgan fingerprint density at radius 3 is 2.32 bits per heavy atom. The molecular weight excluding hydrogens is 388 g/mol. The molecule has 164 valence electrons. The number of nitrogens with one attached hydrogen (secondary N) is 1. The van der Waals surface area contributed by atoms with Crippen molar-refractivity contribution >= 4 is 28.5 Å². The van der Waals surface area contributed by atoms with E-state index in [-0.39, 0.29) is 11.8 Å². The fraction of sp³-hybridized carbons (Fsp3) is 0.560. The quantitative estimate of drug-likeness (QED) is 0.818. The van der Waals surface area contributed by atoms with Gasteiger partial charge < -0.3 is 15.1 Å². The van der Waals surface area contributed by atoms with Gasteiger partial charge in [0.1, 0.15) is 5.82 Å². The van der Waals surface area contributed by atoms with Gasteiger partial charge in [0, 0.05) is 43.5 Å². The molecule has 2 amide bonds. The molecule has 1 aromatic heterocycles. The Balaban J connectivity index is 1.31.